The maximum atomic E-state index is 10.0. The Hall–Kier alpha value is -4.51. The first-order valence-electron chi connectivity index (χ1n) is 12.6. The summed E-state index contributed by atoms with van der Waals surface area (Å²) in [6, 6.07) is 33.8. The van der Waals surface area contributed by atoms with E-state index >= 15 is 0 Å². The number of rotatable bonds is 3. The number of aliphatic hydroxyl groups excluding tert-OH is 1. The summed E-state index contributed by atoms with van der Waals surface area (Å²) >= 11 is 0. The van der Waals surface area contributed by atoms with Gasteiger partial charge in [-0.15, -0.1) is 35.9 Å². The molecule has 7 rings (SSSR count). The molecule has 0 amide bonds. The number of pyridine rings is 1. The van der Waals surface area contributed by atoms with E-state index in [1.54, 1.807) is 0 Å². The van der Waals surface area contributed by atoms with Crippen molar-refractivity contribution in [3.8, 4) is 22.4 Å². The number of carbonyl (C=O) groups is 1. The number of hydrogen-bond acceptors (Lipinski definition) is 5. The van der Waals surface area contributed by atoms with E-state index in [1.165, 1.54) is 19.9 Å². The summed E-state index contributed by atoms with van der Waals surface area (Å²) in [6.07, 6.45) is 3.02. The van der Waals surface area contributed by atoms with Crippen molar-refractivity contribution >= 4 is 49.7 Å². The second kappa shape index (κ2) is 11.3. The molecular formula is C34H24IrNO4-. The predicted molar refractivity (Wildman–Crippen MR) is 156 cm³/mol. The molecule has 3 aromatic heterocycles. The van der Waals surface area contributed by atoms with Crippen LogP contribution in [-0.2, 0) is 24.9 Å². The van der Waals surface area contributed by atoms with Gasteiger partial charge >= 0.3 is 0 Å². The van der Waals surface area contributed by atoms with E-state index in [4.69, 9.17) is 13.9 Å². The van der Waals surface area contributed by atoms with E-state index in [-0.39, 0.29) is 31.6 Å². The molecule has 0 bridgehead atoms. The van der Waals surface area contributed by atoms with Gasteiger partial charge in [0.05, 0.1) is 11.1 Å². The number of aliphatic hydroxyl groups is 1. The first-order chi connectivity index (χ1) is 19.0. The second-order valence-corrected chi connectivity index (χ2v) is 9.30. The van der Waals surface area contributed by atoms with Gasteiger partial charge < -0.3 is 18.9 Å². The number of aromatic nitrogens is 1. The van der Waals surface area contributed by atoms with Crippen molar-refractivity contribution in [1.82, 2.24) is 4.98 Å². The second-order valence-electron chi connectivity index (χ2n) is 9.30. The number of allylic oxidation sites excluding steroid dienone is 2. The number of furan rings is 2. The van der Waals surface area contributed by atoms with E-state index in [0.717, 1.165) is 66.3 Å². The number of para-hydroxylation sites is 2. The van der Waals surface area contributed by atoms with Crippen LogP contribution < -0.4 is 0 Å². The van der Waals surface area contributed by atoms with Gasteiger partial charge in [0.15, 0.2) is 5.78 Å². The Morgan fingerprint density at radius 3 is 2.15 bits per heavy atom. The molecular weight excluding hydrogens is 679 g/mol. The Bertz CT molecular complexity index is 2010. The van der Waals surface area contributed by atoms with Gasteiger partial charge in [0.1, 0.15) is 22.3 Å². The van der Waals surface area contributed by atoms with E-state index in [2.05, 4.69) is 41.4 Å². The number of ketones is 1. The molecule has 0 atom stereocenters. The molecule has 3 heterocycles. The molecule has 0 aliphatic heterocycles. The Morgan fingerprint density at radius 2 is 1.50 bits per heavy atom. The number of carbonyl (C=O) groups excluding carboxylic acids is 1. The molecule has 0 unspecified atom stereocenters. The van der Waals surface area contributed by atoms with Crippen LogP contribution in [0.5, 0.6) is 0 Å². The van der Waals surface area contributed by atoms with Gasteiger partial charge in [0.2, 0.25) is 0 Å². The molecule has 1 radical (unpaired) electrons. The monoisotopic (exact) mass is 703 g/mol. The van der Waals surface area contributed by atoms with Gasteiger partial charge in [0, 0.05) is 48.5 Å². The zero-order chi connectivity index (χ0) is 26.9. The molecule has 5 nitrogen and oxygen atoms in total. The third-order valence-corrected chi connectivity index (χ3v) is 6.46. The van der Waals surface area contributed by atoms with Gasteiger partial charge in [-0.2, -0.15) is 0 Å². The van der Waals surface area contributed by atoms with Crippen LogP contribution in [0.25, 0.3) is 66.3 Å². The van der Waals surface area contributed by atoms with Crippen molar-refractivity contribution in [2.45, 2.75) is 13.8 Å². The molecule has 40 heavy (non-hydrogen) atoms. The molecule has 0 saturated carbocycles. The summed E-state index contributed by atoms with van der Waals surface area (Å²) < 4.78 is 12.7. The summed E-state index contributed by atoms with van der Waals surface area (Å²) in [5, 5.41) is 12.6. The van der Waals surface area contributed by atoms with Crippen molar-refractivity contribution in [2.24, 2.45) is 0 Å². The summed E-state index contributed by atoms with van der Waals surface area (Å²) in [4.78, 5) is 14.6. The Morgan fingerprint density at radius 1 is 0.825 bits per heavy atom. The molecule has 0 saturated heterocycles. The minimum absolute atomic E-state index is 0. The summed E-state index contributed by atoms with van der Waals surface area (Å²) in [6.45, 7) is 2.85. The van der Waals surface area contributed by atoms with Gasteiger partial charge in [-0.3, -0.25) is 4.79 Å². The molecule has 199 valence electrons. The molecule has 0 spiro atoms. The van der Waals surface area contributed by atoms with Crippen molar-refractivity contribution in [2.75, 3.05) is 0 Å². The van der Waals surface area contributed by atoms with Gasteiger partial charge in [-0.05, 0) is 54.9 Å². The van der Waals surface area contributed by atoms with Crippen LogP contribution in [-0.4, -0.2) is 15.9 Å². The average Bonchev–Trinajstić information content (AvgIpc) is 3.51. The van der Waals surface area contributed by atoms with Gasteiger partial charge in [0.25, 0.3) is 0 Å². The molecule has 0 aliphatic carbocycles. The third-order valence-electron chi connectivity index (χ3n) is 6.46. The van der Waals surface area contributed by atoms with E-state index < -0.39 is 0 Å². The Balaban J connectivity index is 0.000000362. The third kappa shape index (κ3) is 5.07. The summed E-state index contributed by atoms with van der Waals surface area (Å²) in [7, 11) is 0. The fourth-order valence-electron chi connectivity index (χ4n) is 4.91. The molecule has 7 aromatic rings. The summed E-state index contributed by atoms with van der Waals surface area (Å²) in [5.74, 6) is -0.0625. The zero-order valence-electron chi connectivity index (χ0n) is 21.8. The van der Waals surface area contributed by atoms with Crippen LogP contribution in [0.2, 0.25) is 0 Å². The van der Waals surface area contributed by atoms with E-state index in [1.807, 2.05) is 66.9 Å². The predicted octanol–water partition coefficient (Wildman–Crippen LogP) is 9.05. The smallest absolute Gasteiger partial charge is 0.155 e. The minimum Gasteiger partial charge on any atom is -0.512 e. The standard InChI is InChI=1S/C29H16NO2.C5H8O2.Ir/c1-2-8-18(9-3-1)23-16-19(14-15-30-23)22-17-26-28(21-11-5-6-12-24(21)31-26)29-27(22)20-10-4-7-13-25(20)32-29;1-4(6)3-5(2)7;/h1-8,10-17H;3,6H,1-2H3;/q-1;;/b;4-3-;. The maximum Gasteiger partial charge on any atom is 0.155 e. The van der Waals surface area contributed by atoms with Crippen LogP contribution in [0.4, 0.5) is 0 Å². The topological polar surface area (TPSA) is 76.5 Å². The first-order valence-corrected chi connectivity index (χ1v) is 12.6. The zero-order valence-corrected chi connectivity index (χ0v) is 24.2. The minimum atomic E-state index is -0.125. The van der Waals surface area contributed by atoms with Crippen molar-refractivity contribution in [3.63, 3.8) is 0 Å². The quantitative estimate of drug-likeness (QED) is 0.113. The maximum absolute atomic E-state index is 10.0. The van der Waals surface area contributed by atoms with Gasteiger partial charge in [-0.25, -0.2) is 0 Å². The van der Waals surface area contributed by atoms with Crippen LogP contribution in [0.15, 0.2) is 118 Å². The number of fused-ring (bicyclic) bond motifs is 7. The molecule has 4 aromatic carbocycles. The fraction of sp³-hybridized carbons (Fsp3) is 0.0588. The number of benzene rings is 4. The normalized spacial score (nSPS) is 11.4. The van der Waals surface area contributed by atoms with Crippen molar-refractivity contribution < 1.29 is 38.8 Å². The van der Waals surface area contributed by atoms with Crippen LogP contribution in [0, 0.1) is 6.07 Å². The molecule has 0 aliphatic rings. The van der Waals surface area contributed by atoms with Crippen molar-refractivity contribution in [1.29, 1.82) is 0 Å². The van der Waals surface area contributed by atoms with Crippen LogP contribution in [0.1, 0.15) is 13.8 Å². The first kappa shape index (κ1) is 27.1. The van der Waals surface area contributed by atoms with Crippen molar-refractivity contribution in [3.05, 3.63) is 115 Å². The van der Waals surface area contributed by atoms with E-state index in [0.29, 0.717) is 0 Å². The Labute approximate surface area is 244 Å². The number of hydrogen-bond donors (Lipinski definition) is 1. The molecule has 0 fully saturated rings. The molecule has 1 N–H and O–H groups in total. The number of nitrogens with zero attached hydrogens (tertiary/aromatic N) is 1. The van der Waals surface area contributed by atoms with Crippen LogP contribution in [0.3, 0.4) is 0 Å². The van der Waals surface area contributed by atoms with E-state index in [9.17, 15) is 4.79 Å². The molecule has 6 heteroatoms. The summed E-state index contributed by atoms with van der Waals surface area (Å²) in [5.41, 5.74) is 7.37. The Kier molecular flexibility index (Phi) is 7.65. The van der Waals surface area contributed by atoms with Gasteiger partial charge in [-0.1, -0.05) is 42.5 Å². The SMILES string of the molecule is CC(=O)/C=C(/C)O.[Ir].[c-]1ccccc1-c1cc(-c2cc3oc4ccccc4c3c3oc4ccccc4c23)ccn1. The largest absolute Gasteiger partial charge is 0.512 e. The average molecular weight is 703 g/mol. The fourth-order valence-corrected chi connectivity index (χ4v) is 4.91. The van der Waals surface area contributed by atoms with Crippen LogP contribution >= 0.6 is 0 Å².